The first-order valence-corrected chi connectivity index (χ1v) is 7.05. The third-order valence-electron chi connectivity index (χ3n) is 2.95. The summed E-state index contributed by atoms with van der Waals surface area (Å²) in [6, 6.07) is 12.4. The molecule has 2 aromatic heterocycles. The second kappa shape index (κ2) is 5.47. The number of hydrogen-bond acceptors (Lipinski definition) is 4. The molecule has 3 aromatic rings. The average molecular weight is 269 g/mol. The number of rotatable bonds is 4. The lowest BCUT2D eigenvalue weighted by Gasteiger charge is -2.14. The summed E-state index contributed by atoms with van der Waals surface area (Å²) in [7, 11) is 2.12. The van der Waals surface area contributed by atoms with Crippen LogP contribution in [-0.2, 0) is 13.1 Å². The molecular formula is C15H15N3S. The van der Waals surface area contributed by atoms with E-state index in [4.69, 9.17) is 0 Å². The molecule has 0 radical (unpaired) electrons. The minimum Gasteiger partial charge on any atom is -0.295 e. The molecule has 0 saturated carbocycles. The monoisotopic (exact) mass is 269 g/mol. The lowest BCUT2D eigenvalue weighted by atomic mass is 10.2. The van der Waals surface area contributed by atoms with Crippen LogP contribution in [0.2, 0.25) is 0 Å². The summed E-state index contributed by atoms with van der Waals surface area (Å²) < 4.78 is 1.26. The van der Waals surface area contributed by atoms with Crippen molar-refractivity contribution in [2.45, 2.75) is 13.1 Å². The highest BCUT2D eigenvalue weighted by atomic mass is 32.1. The highest BCUT2D eigenvalue weighted by Gasteiger charge is 2.06. The fourth-order valence-electron chi connectivity index (χ4n) is 2.07. The largest absolute Gasteiger partial charge is 0.295 e. The zero-order valence-electron chi connectivity index (χ0n) is 10.8. The predicted molar refractivity (Wildman–Crippen MR) is 79.0 cm³/mol. The lowest BCUT2D eigenvalue weighted by molar-refractivity contribution is 0.318. The Morgan fingerprint density at radius 2 is 1.84 bits per heavy atom. The minimum atomic E-state index is 0.877. The fourth-order valence-corrected chi connectivity index (χ4v) is 3.12. The quantitative estimate of drug-likeness (QED) is 0.727. The predicted octanol–water partition coefficient (Wildman–Crippen LogP) is 3.32. The smallest absolute Gasteiger partial charge is 0.108 e. The Balaban J connectivity index is 1.70. The zero-order chi connectivity index (χ0) is 13.1. The third kappa shape index (κ3) is 2.97. The van der Waals surface area contributed by atoms with Gasteiger partial charge in [0.15, 0.2) is 0 Å². The Morgan fingerprint density at radius 1 is 1.05 bits per heavy atom. The van der Waals surface area contributed by atoms with Crippen molar-refractivity contribution in [3.8, 4) is 0 Å². The Labute approximate surface area is 116 Å². The van der Waals surface area contributed by atoms with Gasteiger partial charge in [-0.15, -0.1) is 11.3 Å². The molecule has 0 aliphatic carbocycles. The van der Waals surface area contributed by atoms with Gasteiger partial charge >= 0.3 is 0 Å². The summed E-state index contributed by atoms with van der Waals surface area (Å²) in [5.74, 6) is 0. The first-order valence-electron chi connectivity index (χ1n) is 6.23. The maximum absolute atomic E-state index is 4.66. The van der Waals surface area contributed by atoms with Crippen LogP contribution < -0.4 is 0 Å². The van der Waals surface area contributed by atoms with Gasteiger partial charge in [-0.3, -0.25) is 9.88 Å². The Hall–Kier alpha value is -1.78. The first kappa shape index (κ1) is 12.3. The second-order valence-corrected chi connectivity index (χ2v) is 5.72. The van der Waals surface area contributed by atoms with Crippen LogP contribution in [0.15, 0.2) is 48.8 Å². The normalized spacial score (nSPS) is 11.3. The standard InChI is InChI=1S/C15H15N3S/c1-18(10-12-6-8-16-9-7-12)11-15-17-13-4-2-3-5-14(13)19-15/h2-9H,10-11H2,1H3. The molecule has 0 N–H and O–H groups in total. The molecule has 0 aliphatic rings. The van der Waals surface area contributed by atoms with E-state index in [0.717, 1.165) is 23.6 Å². The number of benzene rings is 1. The minimum absolute atomic E-state index is 0.877. The van der Waals surface area contributed by atoms with Gasteiger partial charge in [-0.05, 0) is 36.9 Å². The topological polar surface area (TPSA) is 29.0 Å². The van der Waals surface area contributed by atoms with Crippen LogP contribution in [-0.4, -0.2) is 21.9 Å². The number of fused-ring (bicyclic) bond motifs is 1. The molecule has 3 rings (SSSR count). The maximum Gasteiger partial charge on any atom is 0.108 e. The summed E-state index contributed by atoms with van der Waals surface area (Å²) in [6.07, 6.45) is 3.67. The number of nitrogens with zero attached hydrogens (tertiary/aromatic N) is 3. The molecule has 0 atom stereocenters. The number of hydrogen-bond donors (Lipinski definition) is 0. The van der Waals surface area contributed by atoms with Gasteiger partial charge in [-0.25, -0.2) is 4.98 Å². The molecule has 1 aromatic carbocycles. The molecular weight excluding hydrogens is 254 g/mol. The van der Waals surface area contributed by atoms with Crippen LogP contribution in [0.5, 0.6) is 0 Å². The SMILES string of the molecule is CN(Cc1ccncc1)Cc1nc2ccccc2s1. The van der Waals surface area contributed by atoms with Crippen molar-refractivity contribution in [2.75, 3.05) is 7.05 Å². The molecule has 0 fully saturated rings. The van der Waals surface area contributed by atoms with Crippen molar-refractivity contribution < 1.29 is 0 Å². The number of aromatic nitrogens is 2. The van der Waals surface area contributed by atoms with E-state index in [-0.39, 0.29) is 0 Å². The lowest BCUT2D eigenvalue weighted by Crippen LogP contribution is -2.16. The van der Waals surface area contributed by atoms with Crippen LogP contribution >= 0.6 is 11.3 Å². The van der Waals surface area contributed by atoms with Crippen LogP contribution in [0, 0.1) is 0 Å². The van der Waals surface area contributed by atoms with Crippen molar-refractivity contribution in [3.05, 3.63) is 59.4 Å². The van der Waals surface area contributed by atoms with E-state index in [1.165, 1.54) is 10.3 Å². The zero-order valence-corrected chi connectivity index (χ0v) is 11.6. The van der Waals surface area contributed by atoms with Crippen molar-refractivity contribution >= 4 is 21.6 Å². The highest BCUT2D eigenvalue weighted by molar-refractivity contribution is 7.18. The molecule has 0 unspecified atom stereocenters. The van der Waals surface area contributed by atoms with E-state index in [9.17, 15) is 0 Å². The average Bonchev–Trinajstić information content (AvgIpc) is 2.81. The fraction of sp³-hybridized carbons (Fsp3) is 0.200. The van der Waals surface area contributed by atoms with Crippen molar-refractivity contribution in [3.63, 3.8) is 0 Å². The summed E-state index contributed by atoms with van der Waals surface area (Å²) >= 11 is 1.77. The molecule has 96 valence electrons. The van der Waals surface area contributed by atoms with Gasteiger partial charge in [-0.1, -0.05) is 12.1 Å². The van der Waals surface area contributed by atoms with E-state index in [1.807, 2.05) is 18.5 Å². The van der Waals surface area contributed by atoms with E-state index in [1.54, 1.807) is 11.3 Å². The van der Waals surface area contributed by atoms with E-state index < -0.39 is 0 Å². The summed E-state index contributed by atoms with van der Waals surface area (Å²) in [4.78, 5) is 11.0. The van der Waals surface area contributed by atoms with E-state index in [0.29, 0.717) is 0 Å². The Kier molecular flexibility index (Phi) is 3.53. The van der Waals surface area contributed by atoms with Crippen molar-refractivity contribution in [1.82, 2.24) is 14.9 Å². The van der Waals surface area contributed by atoms with Gasteiger partial charge in [0.2, 0.25) is 0 Å². The van der Waals surface area contributed by atoms with Crippen molar-refractivity contribution in [1.29, 1.82) is 0 Å². The molecule has 0 spiro atoms. The maximum atomic E-state index is 4.66. The summed E-state index contributed by atoms with van der Waals surface area (Å²) in [5, 5.41) is 1.16. The number of thiazole rings is 1. The van der Waals surface area contributed by atoms with Crippen LogP contribution in [0.3, 0.4) is 0 Å². The van der Waals surface area contributed by atoms with Gasteiger partial charge < -0.3 is 0 Å². The molecule has 0 bridgehead atoms. The van der Waals surface area contributed by atoms with Gasteiger partial charge in [0.1, 0.15) is 5.01 Å². The number of para-hydroxylation sites is 1. The summed E-state index contributed by atoms with van der Waals surface area (Å²) in [6.45, 7) is 1.79. The van der Waals surface area contributed by atoms with E-state index in [2.05, 4.69) is 52.2 Å². The van der Waals surface area contributed by atoms with Gasteiger partial charge in [0, 0.05) is 18.9 Å². The van der Waals surface area contributed by atoms with Crippen LogP contribution in [0.25, 0.3) is 10.2 Å². The second-order valence-electron chi connectivity index (χ2n) is 4.60. The van der Waals surface area contributed by atoms with Gasteiger partial charge in [0.05, 0.1) is 16.8 Å². The first-order chi connectivity index (χ1) is 9.31. The van der Waals surface area contributed by atoms with Crippen molar-refractivity contribution in [2.24, 2.45) is 0 Å². The molecule has 4 heteroatoms. The number of pyridine rings is 1. The molecule has 0 saturated heterocycles. The summed E-state index contributed by atoms with van der Waals surface area (Å²) in [5.41, 5.74) is 2.37. The van der Waals surface area contributed by atoms with Crippen LogP contribution in [0.1, 0.15) is 10.6 Å². The van der Waals surface area contributed by atoms with Gasteiger partial charge in [-0.2, -0.15) is 0 Å². The highest BCUT2D eigenvalue weighted by Crippen LogP contribution is 2.22. The molecule has 2 heterocycles. The molecule has 0 aliphatic heterocycles. The van der Waals surface area contributed by atoms with E-state index >= 15 is 0 Å². The van der Waals surface area contributed by atoms with Gasteiger partial charge in [0.25, 0.3) is 0 Å². The molecule has 3 nitrogen and oxygen atoms in total. The Morgan fingerprint density at radius 3 is 2.63 bits per heavy atom. The molecule has 19 heavy (non-hydrogen) atoms. The third-order valence-corrected chi connectivity index (χ3v) is 3.97. The van der Waals surface area contributed by atoms with Crippen LogP contribution in [0.4, 0.5) is 0 Å². The Bertz CT molecular complexity index is 630. The molecule has 0 amide bonds.